The Balaban J connectivity index is 1.97. The Morgan fingerprint density at radius 2 is 2.29 bits per heavy atom. The molecule has 5 heteroatoms. The molecule has 2 aromatic rings. The summed E-state index contributed by atoms with van der Waals surface area (Å²) in [6, 6.07) is 7.04. The molecule has 1 unspecified atom stereocenters. The predicted molar refractivity (Wildman–Crippen MR) is 82.8 cm³/mol. The van der Waals surface area contributed by atoms with Crippen molar-refractivity contribution in [3.05, 3.63) is 47.5 Å². The highest BCUT2D eigenvalue weighted by Crippen LogP contribution is 2.18. The van der Waals surface area contributed by atoms with Gasteiger partial charge in [-0.3, -0.25) is 4.79 Å². The summed E-state index contributed by atoms with van der Waals surface area (Å²) >= 11 is 5.90. The lowest BCUT2D eigenvalue weighted by molar-refractivity contribution is -0.124. The van der Waals surface area contributed by atoms with Crippen LogP contribution < -0.4 is 4.74 Å². The van der Waals surface area contributed by atoms with Crippen LogP contribution >= 0.6 is 11.6 Å². The number of rotatable bonds is 7. The highest BCUT2D eigenvalue weighted by Gasteiger charge is 2.17. The van der Waals surface area contributed by atoms with Crippen molar-refractivity contribution in [2.45, 2.75) is 39.3 Å². The minimum absolute atomic E-state index is 0.00136. The van der Waals surface area contributed by atoms with Crippen molar-refractivity contribution in [2.75, 3.05) is 0 Å². The van der Waals surface area contributed by atoms with Crippen LogP contribution in [0.25, 0.3) is 0 Å². The summed E-state index contributed by atoms with van der Waals surface area (Å²) in [7, 11) is 0. The monoisotopic (exact) mass is 306 g/mol. The molecule has 0 saturated heterocycles. The Hall–Kier alpha value is -1.81. The first-order valence-electron chi connectivity index (χ1n) is 7.05. The zero-order valence-corrected chi connectivity index (χ0v) is 13.0. The van der Waals surface area contributed by atoms with Crippen LogP contribution in [0.1, 0.15) is 26.1 Å². The van der Waals surface area contributed by atoms with Crippen molar-refractivity contribution in [2.24, 2.45) is 0 Å². The molecule has 1 aromatic carbocycles. The summed E-state index contributed by atoms with van der Waals surface area (Å²) in [4.78, 5) is 16.5. The molecule has 0 aliphatic rings. The average molecular weight is 307 g/mol. The number of hydrogen-bond acceptors (Lipinski definition) is 3. The SMILES string of the molecule is CCCn1ccnc1CC(=O)C(C)Oc1cccc(Cl)c1. The van der Waals surface area contributed by atoms with Gasteiger partial charge in [0.25, 0.3) is 0 Å². The number of ketones is 1. The lowest BCUT2D eigenvalue weighted by atomic mass is 10.2. The van der Waals surface area contributed by atoms with E-state index in [1.54, 1.807) is 37.4 Å². The van der Waals surface area contributed by atoms with E-state index in [0.717, 1.165) is 18.8 Å². The molecule has 0 aliphatic carbocycles. The van der Waals surface area contributed by atoms with Gasteiger partial charge in [-0.1, -0.05) is 24.6 Å². The number of imidazole rings is 1. The third-order valence-corrected chi connectivity index (χ3v) is 3.40. The number of nitrogens with zero attached hydrogens (tertiary/aromatic N) is 2. The molecule has 0 bridgehead atoms. The maximum atomic E-state index is 12.2. The van der Waals surface area contributed by atoms with Crippen molar-refractivity contribution < 1.29 is 9.53 Å². The second-order valence-electron chi connectivity index (χ2n) is 4.90. The normalized spacial score (nSPS) is 12.1. The third kappa shape index (κ3) is 4.33. The molecule has 1 aromatic heterocycles. The second-order valence-corrected chi connectivity index (χ2v) is 5.33. The summed E-state index contributed by atoms with van der Waals surface area (Å²) in [6.45, 7) is 4.71. The second kappa shape index (κ2) is 7.27. The molecule has 1 atom stereocenters. The van der Waals surface area contributed by atoms with Crippen LogP contribution in [0.5, 0.6) is 5.75 Å². The van der Waals surface area contributed by atoms with E-state index in [9.17, 15) is 4.79 Å². The first-order valence-corrected chi connectivity index (χ1v) is 7.43. The van der Waals surface area contributed by atoms with Crippen molar-refractivity contribution in [1.82, 2.24) is 9.55 Å². The molecule has 0 fully saturated rings. The van der Waals surface area contributed by atoms with E-state index in [1.807, 2.05) is 10.8 Å². The van der Waals surface area contributed by atoms with Gasteiger partial charge < -0.3 is 9.30 Å². The van der Waals surface area contributed by atoms with Crippen LogP contribution in [-0.2, 0) is 17.8 Å². The summed E-state index contributed by atoms with van der Waals surface area (Å²) in [5.74, 6) is 1.38. The zero-order chi connectivity index (χ0) is 15.2. The first kappa shape index (κ1) is 15.6. The number of Topliss-reactive ketones (excluding diaryl/α,β-unsaturated/α-hetero) is 1. The van der Waals surface area contributed by atoms with E-state index in [1.165, 1.54) is 0 Å². The highest BCUT2D eigenvalue weighted by atomic mass is 35.5. The fraction of sp³-hybridized carbons (Fsp3) is 0.375. The fourth-order valence-electron chi connectivity index (χ4n) is 2.06. The largest absolute Gasteiger partial charge is 0.483 e. The van der Waals surface area contributed by atoms with Crippen molar-refractivity contribution >= 4 is 17.4 Å². The molecule has 21 heavy (non-hydrogen) atoms. The van der Waals surface area contributed by atoms with Crippen LogP contribution in [-0.4, -0.2) is 21.4 Å². The molecule has 2 rings (SSSR count). The molecule has 1 heterocycles. The van der Waals surface area contributed by atoms with Gasteiger partial charge in [0.15, 0.2) is 11.9 Å². The van der Waals surface area contributed by atoms with Gasteiger partial charge in [0, 0.05) is 24.0 Å². The van der Waals surface area contributed by atoms with Crippen LogP contribution in [0.4, 0.5) is 0 Å². The minimum atomic E-state index is -0.532. The molecule has 0 saturated carbocycles. The lowest BCUT2D eigenvalue weighted by Crippen LogP contribution is -2.26. The summed E-state index contributed by atoms with van der Waals surface area (Å²) in [6.07, 6.45) is 4.37. The fourth-order valence-corrected chi connectivity index (χ4v) is 2.24. The standard InChI is InChI=1S/C16H19ClN2O2/c1-3-8-19-9-7-18-16(19)11-15(20)12(2)21-14-6-4-5-13(17)10-14/h4-7,9-10,12H,3,8,11H2,1-2H3. The quantitative estimate of drug-likeness (QED) is 0.786. The molecule has 4 nitrogen and oxygen atoms in total. The molecule has 0 radical (unpaired) electrons. The molecule has 0 N–H and O–H groups in total. The van der Waals surface area contributed by atoms with Gasteiger partial charge in [-0.05, 0) is 31.5 Å². The molecule has 112 valence electrons. The van der Waals surface area contributed by atoms with Gasteiger partial charge in [-0.15, -0.1) is 0 Å². The van der Waals surface area contributed by atoms with Crippen LogP contribution in [0.15, 0.2) is 36.7 Å². The van der Waals surface area contributed by atoms with E-state index in [2.05, 4.69) is 11.9 Å². The van der Waals surface area contributed by atoms with E-state index in [4.69, 9.17) is 16.3 Å². The third-order valence-electron chi connectivity index (χ3n) is 3.16. The molecular weight excluding hydrogens is 288 g/mol. The van der Waals surface area contributed by atoms with Crippen LogP contribution in [0.2, 0.25) is 5.02 Å². The molecule has 0 aliphatic heterocycles. The Kier molecular flexibility index (Phi) is 5.39. The van der Waals surface area contributed by atoms with Crippen LogP contribution in [0, 0.1) is 0 Å². The number of halogens is 1. The van der Waals surface area contributed by atoms with E-state index in [0.29, 0.717) is 10.8 Å². The number of hydrogen-bond donors (Lipinski definition) is 0. The minimum Gasteiger partial charge on any atom is -0.483 e. The topological polar surface area (TPSA) is 44.1 Å². The van der Waals surface area contributed by atoms with Gasteiger partial charge in [-0.25, -0.2) is 4.98 Å². The average Bonchev–Trinajstić information content (AvgIpc) is 2.86. The van der Waals surface area contributed by atoms with Crippen molar-refractivity contribution in [1.29, 1.82) is 0 Å². The van der Waals surface area contributed by atoms with Crippen LogP contribution in [0.3, 0.4) is 0 Å². The Bertz CT molecular complexity index is 610. The lowest BCUT2D eigenvalue weighted by Gasteiger charge is -2.14. The number of aryl methyl sites for hydroxylation is 1. The van der Waals surface area contributed by atoms with E-state index < -0.39 is 6.10 Å². The maximum Gasteiger partial charge on any atom is 0.180 e. The van der Waals surface area contributed by atoms with Crippen molar-refractivity contribution in [3.8, 4) is 5.75 Å². The van der Waals surface area contributed by atoms with Gasteiger partial charge in [0.05, 0.1) is 6.42 Å². The maximum absolute atomic E-state index is 12.2. The number of aromatic nitrogens is 2. The Labute approximate surface area is 129 Å². The predicted octanol–water partition coefficient (Wildman–Crippen LogP) is 3.53. The van der Waals surface area contributed by atoms with Gasteiger partial charge >= 0.3 is 0 Å². The number of ether oxygens (including phenoxy) is 1. The first-order chi connectivity index (χ1) is 10.1. The van der Waals surface area contributed by atoms with Gasteiger partial charge in [0.2, 0.25) is 0 Å². The van der Waals surface area contributed by atoms with E-state index >= 15 is 0 Å². The molecule has 0 spiro atoms. The zero-order valence-electron chi connectivity index (χ0n) is 12.3. The van der Waals surface area contributed by atoms with Gasteiger partial charge in [-0.2, -0.15) is 0 Å². The highest BCUT2D eigenvalue weighted by molar-refractivity contribution is 6.30. The Morgan fingerprint density at radius 3 is 3.00 bits per heavy atom. The van der Waals surface area contributed by atoms with Gasteiger partial charge in [0.1, 0.15) is 11.6 Å². The smallest absolute Gasteiger partial charge is 0.180 e. The van der Waals surface area contributed by atoms with Crippen molar-refractivity contribution in [3.63, 3.8) is 0 Å². The Morgan fingerprint density at radius 1 is 1.48 bits per heavy atom. The summed E-state index contributed by atoms with van der Waals surface area (Å²) < 4.78 is 7.64. The molecular formula is C16H19ClN2O2. The summed E-state index contributed by atoms with van der Waals surface area (Å²) in [5, 5.41) is 0.589. The van der Waals surface area contributed by atoms with E-state index in [-0.39, 0.29) is 12.2 Å². The molecule has 0 amide bonds. The number of benzene rings is 1. The number of carbonyl (C=O) groups excluding carboxylic acids is 1. The number of carbonyl (C=O) groups is 1. The summed E-state index contributed by atoms with van der Waals surface area (Å²) in [5.41, 5.74) is 0.